The first-order valence-corrected chi connectivity index (χ1v) is 3.51. The summed E-state index contributed by atoms with van der Waals surface area (Å²) in [5.41, 5.74) is 5.13. The molecule has 1 heteroatoms. The molecule has 1 heterocycles. The maximum Gasteiger partial charge on any atom is 0.0708 e. The van der Waals surface area contributed by atoms with E-state index in [9.17, 15) is 0 Å². The molecule has 0 aliphatic carbocycles. The van der Waals surface area contributed by atoms with E-state index < -0.39 is 0 Å². The van der Waals surface area contributed by atoms with Crippen molar-refractivity contribution in [3.8, 4) is 0 Å². The lowest BCUT2D eigenvalue weighted by molar-refractivity contribution is 1.52. The number of benzene rings is 1. The predicted molar refractivity (Wildman–Crippen MR) is 47.1 cm³/mol. The van der Waals surface area contributed by atoms with Gasteiger partial charge in [0.25, 0.3) is 0 Å². The lowest BCUT2D eigenvalue weighted by Gasteiger charge is -1.95. The van der Waals surface area contributed by atoms with Gasteiger partial charge in [-0.15, -0.1) is 5.73 Å². The van der Waals surface area contributed by atoms with E-state index in [1.807, 2.05) is 30.3 Å². The molecule has 0 saturated carbocycles. The van der Waals surface area contributed by atoms with Crippen LogP contribution in [0.2, 0.25) is 0 Å². The molecule has 11 heavy (non-hydrogen) atoms. The van der Waals surface area contributed by atoms with E-state index in [0.717, 1.165) is 11.3 Å². The molecule has 0 fully saturated rings. The predicted octanol–water partition coefficient (Wildman–Crippen LogP) is 2.57. The minimum absolute atomic E-state index is 1.01. The van der Waals surface area contributed by atoms with Crippen LogP contribution in [0.1, 0.15) is 5.56 Å². The van der Waals surface area contributed by atoms with Gasteiger partial charge in [-0.05, 0) is 18.2 Å². The Hall–Kier alpha value is -1.59. The first-order chi connectivity index (χ1) is 5.47. The van der Waals surface area contributed by atoms with Crippen LogP contribution in [-0.2, 0) is 0 Å². The van der Waals surface area contributed by atoms with E-state index in [0.29, 0.717) is 0 Å². The summed E-state index contributed by atoms with van der Waals surface area (Å²) in [5.74, 6) is 0. The molecule has 0 N–H and O–H groups in total. The van der Waals surface area contributed by atoms with Crippen LogP contribution in [0.4, 0.5) is 5.69 Å². The summed E-state index contributed by atoms with van der Waals surface area (Å²) in [7, 11) is 0. The van der Waals surface area contributed by atoms with Gasteiger partial charge in [0.05, 0.1) is 5.69 Å². The van der Waals surface area contributed by atoms with E-state index in [1.54, 1.807) is 12.3 Å². The molecule has 0 unspecified atom stereocenters. The quantitative estimate of drug-likeness (QED) is 0.492. The molecule has 1 nitrogen and oxygen atoms in total. The molecule has 0 atom stereocenters. The molecule has 0 saturated heterocycles. The Kier molecular flexibility index (Phi) is 1.43. The Balaban J connectivity index is 2.67. The van der Waals surface area contributed by atoms with Crippen molar-refractivity contribution in [2.45, 2.75) is 0 Å². The molecular formula is C10H7N. The minimum Gasteiger partial charge on any atom is -0.256 e. The van der Waals surface area contributed by atoms with E-state index in [4.69, 9.17) is 0 Å². The van der Waals surface area contributed by atoms with E-state index in [1.165, 1.54) is 0 Å². The van der Waals surface area contributed by atoms with Crippen molar-refractivity contribution in [3.05, 3.63) is 41.6 Å². The highest BCUT2D eigenvalue weighted by molar-refractivity contribution is 5.80. The van der Waals surface area contributed by atoms with Crippen molar-refractivity contribution in [2.75, 3.05) is 0 Å². The smallest absolute Gasteiger partial charge is 0.0708 e. The standard InChI is InChI=1S/C10H7N/c1-2-7-10-9(5-1)6-3-4-8-11-10/h1-2,4-8H. The Morgan fingerprint density at radius 3 is 3.09 bits per heavy atom. The third-order valence-electron chi connectivity index (χ3n) is 1.56. The Labute approximate surface area is 65.4 Å². The lowest BCUT2D eigenvalue weighted by Crippen LogP contribution is -1.70. The fourth-order valence-corrected chi connectivity index (χ4v) is 1.03. The normalized spacial score (nSPS) is 12.7. The zero-order chi connectivity index (χ0) is 7.52. The van der Waals surface area contributed by atoms with Gasteiger partial charge in [-0.1, -0.05) is 18.2 Å². The van der Waals surface area contributed by atoms with Gasteiger partial charge in [0.1, 0.15) is 0 Å². The number of nitrogens with zero attached hydrogens (tertiary/aromatic N) is 1. The molecule has 2 rings (SSSR count). The number of hydrogen-bond donors (Lipinski definition) is 0. The van der Waals surface area contributed by atoms with Crippen LogP contribution < -0.4 is 0 Å². The zero-order valence-electron chi connectivity index (χ0n) is 5.99. The molecule has 1 aliphatic heterocycles. The number of para-hydroxylation sites is 1. The summed E-state index contributed by atoms with van der Waals surface area (Å²) in [6.45, 7) is 0. The fourth-order valence-electron chi connectivity index (χ4n) is 1.03. The highest BCUT2D eigenvalue weighted by atomic mass is 14.7. The fraction of sp³-hybridized carbons (Fsp3) is 0. The monoisotopic (exact) mass is 141 g/mol. The van der Waals surface area contributed by atoms with Crippen LogP contribution in [0.15, 0.2) is 41.1 Å². The number of hydrogen-bond acceptors (Lipinski definition) is 1. The summed E-state index contributed by atoms with van der Waals surface area (Å²) < 4.78 is 0. The topological polar surface area (TPSA) is 12.4 Å². The molecule has 52 valence electrons. The van der Waals surface area contributed by atoms with Crippen LogP contribution in [-0.4, -0.2) is 6.21 Å². The molecule has 0 radical (unpaired) electrons. The van der Waals surface area contributed by atoms with Crippen LogP contribution >= 0.6 is 0 Å². The number of allylic oxidation sites excluding steroid dienone is 1. The Morgan fingerprint density at radius 1 is 1.18 bits per heavy atom. The lowest BCUT2D eigenvalue weighted by atomic mass is 10.2. The van der Waals surface area contributed by atoms with Gasteiger partial charge >= 0.3 is 0 Å². The summed E-state index contributed by atoms with van der Waals surface area (Å²) in [6, 6.07) is 8.00. The Morgan fingerprint density at radius 2 is 2.09 bits per heavy atom. The third kappa shape index (κ3) is 1.14. The van der Waals surface area contributed by atoms with Crippen molar-refractivity contribution < 1.29 is 0 Å². The van der Waals surface area contributed by atoms with Crippen LogP contribution in [0.5, 0.6) is 0 Å². The van der Waals surface area contributed by atoms with Gasteiger partial charge in [0.15, 0.2) is 0 Å². The second-order valence-electron chi connectivity index (χ2n) is 2.31. The third-order valence-corrected chi connectivity index (χ3v) is 1.56. The van der Waals surface area contributed by atoms with Crippen molar-refractivity contribution in [1.29, 1.82) is 0 Å². The average molecular weight is 141 g/mol. The molecule has 1 aromatic carbocycles. The van der Waals surface area contributed by atoms with Crippen LogP contribution in [0, 0.1) is 0 Å². The summed E-state index contributed by atoms with van der Waals surface area (Å²) in [5, 5.41) is 0. The summed E-state index contributed by atoms with van der Waals surface area (Å²) >= 11 is 0. The van der Waals surface area contributed by atoms with Crippen molar-refractivity contribution >= 4 is 18.0 Å². The van der Waals surface area contributed by atoms with Crippen LogP contribution in [0.25, 0.3) is 6.08 Å². The molecule has 1 aromatic rings. The van der Waals surface area contributed by atoms with Gasteiger partial charge in [0.2, 0.25) is 0 Å². The number of aliphatic imine (C=N–C) groups is 1. The second-order valence-corrected chi connectivity index (χ2v) is 2.31. The molecule has 1 aliphatic rings. The highest BCUT2D eigenvalue weighted by Gasteiger charge is 1.94. The van der Waals surface area contributed by atoms with Gasteiger partial charge in [-0.25, -0.2) is 0 Å². The second kappa shape index (κ2) is 2.57. The molecular weight excluding hydrogens is 134 g/mol. The number of fused-ring (bicyclic) bond motifs is 1. The Bertz CT molecular complexity index is 355. The molecule has 0 spiro atoms. The maximum atomic E-state index is 4.21. The van der Waals surface area contributed by atoms with Crippen molar-refractivity contribution in [3.63, 3.8) is 0 Å². The van der Waals surface area contributed by atoms with E-state index >= 15 is 0 Å². The van der Waals surface area contributed by atoms with Gasteiger partial charge in [-0.3, -0.25) is 4.99 Å². The average Bonchev–Trinajstić information content (AvgIpc) is 2.28. The minimum atomic E-state index is 1.01. The first kappa shape index (κ1) is 6.14. The van der Waals surface area contributed by atoms with E-state index in [2.05, 4.69) is 10.7 Å². The van der Waals surface area contributed by atoms with Crippen LogP contribution in [0.3, 0.4) is 0 Å². The van der Waals surface area contributed by atoms with Gasteiger partial charge < -0.3 is 0 Å². The maximum absolute atomic E-state index is 4.21. The largest absolute Gasteiger partial charge is 0.256 e. The van der Waals surface area contributed by atoms with Gasteiger partial charge in [0, 0.05) is 11.8 Å². The summed E-state index contributed by atoms with van der Waals surface area (Å²) in [4.78, 5) is 4.21. The highest BCUT2D eigenvalue weighted by Crippen LogP contribution is 2.19. The summed E-state index contributed by atoms with van der Waals surface area (Å²) in [6.07, 6.45) is 5.49. The molecule has 0 bridgehead atoms. The first-order valence-electron chi connectivity index (χ1n) is 3.51. The van der Waals surface area contributed by atoms with Crippen molar-refractivity contribution in [1.82, 2.24) is 0 Å². The molecule has 0 aromatic heterocycles. The zero-order valence-corrected chi connectivity index (χ0v) is 5.99. The SMILES string of the molecule is C1=CC=Nc2ccccc2C=1. The van der Waals surface area contributed by atoms with E-state index in [-0.39, 0.29) is 0 Å². The molecule has 0 amide bonds. The van der Waals surface area contributed by atoms with Gasteiger partial charge in [-0.2, -0.15) is 0 Å². The number of rotatable bonds is 0. The van der Waals surface area contributed by atoms with Crippen molar-refractivity contribution in [2.24, 2.45) is 4.99 Å².